The van der Waals surface area contributed by atoms with E-state index in [-0.39, 0.29) is 10.5 Å². The summed E-state index contributed by atoms with van der Waals surface area (Å²) in [6.07, 6.45) is -1.10. The Hall–Kier alpha value is -3.11. The van der Waals surface area contributed by atoms with Crippen LogP contribution in [0.25, 0.3) is 0 Å². The molecular formula is C19H22N2O7S. The number of amides is 1. The van der Waals surface area contributed by atoms with Crippen molar-refractivity contribution in [3.8, 4) is 11.5 Å². The third-order valence-corrected chi connectivity index (χ3v) is 4.73. The summed E-state index contributed by atoms with van der Waals surface area (Å²) in [7, 11) is -2.34. The van der Waals surface area contributed by atoms with Crippen molar-refractivity contribution in [1.82, 2.24) is 0 Å². The molecule has 10 heteroatoms. The second-order valence-electron chi connectivity index (χ2n) is 5.90. The van der Waals surface area contributed by atoms with Gasteiger partial charge in [0.1, 0.15) is 0 Å². The number of hydrogen-bond acceptors (Lipinski definition) is 7. The minimum Gasteiger partial charge on any atom is -0.493 e. The quantitative estimate of drug-likeness (QED) is 0.621. The first-order chi connectivity index (χ1) is 13.7. The first-order valence-corrected chi connectivity index (χ1v) is 10.2. The van der Waals surface area contributed by atoms with Gasteiger partial charge in [0, 0.05) is 5.69 Å². The van der Waals surface area contributed by atoms with Gasteiger partial charge in [-0.25, -0.2) is 18.4 Å². The number of primary sulfonamides is 1. The summed E-state index contributed by atoms with van der Waals surface area (Å²) in [6.45, 7) is 3.60. The lowest BCUT2D eigenvalue weighted by molar-refractivity contribution is -0.123. The van der Waals surface area contributed by atoms with Crippen molar-refractivity contribution in [3.63, 3.8) is 0 Å². The van der Waals surface area contributed by atoms with Crippen LogP contribution in [0.3, 0.4) is 0 Å². The van der Waals surface area contributed by atoms with E-state index < -0.39 is 28.0 Å². The van der Waals surface area contributed by atoms with E-state index in [0.29, 0.717) is 23.8 Å². The Morgan fingerprint density at radius 3 is 2.31 bits per heavy atom. The van der Waals surface area contributed by atoms with Crippen molar-refractivity contribution in [1.29, 1.82) is 0 Å². The molecule has 1 unspecified atom stereocenters. The van der Waals surface area contributed by atoms with Crippen LogP contribution in [0.2, 0.25) is 0 Å². The van der Waals surface area contributed by atoms with E-state index in [9.17, 15) is 18.0 Å². The number of nitrogens with two attached hydrogens (primary N) is 1. The lowest BCUT2D eigenvalue weighted by Crippen LogP contribution is -2.30. The molecule has 0 heterocycles. The van der Waals surface area contributed by atoms with E-state index >= 15 is 0 Å². The molecule has 1 amide bonds. The van der Waals surface area contributed by atoms with E-state index in [1.165, 1.54) is 50.4 Å². The van der Waals surface area contributed by atoms with Gasteiger partial charge in [-0.3, -0.25) is 4.79 Å². The van der Waals surface area contributed by atoms with Gasteiger partial charge in [0.25, 0.3) is 5.91 Å². The second kappa shape index (κ2) is 9.39. The van der Waals surface area contributed by atoms with Gasteiger partial charge in [0.2, 0.25) is 10.0 Å². The number of esters is 1. The summed E-state index contributed by atoms with van der Waals surface area (Å²) < 4.78 is 38.3. The molecule has 9 nitrogen and oxygen atoms in total. The zero-order chi connectivity index (χ0) is 21.6. The zero-order valence-corrected chi connectivity index (χ0v) is 17.0. The lowest BCUT2D eigenvalue weighted by atomic mass is 10.2. The molecule has 3 N–H and O–H groups in total. The topological polar surface area (TPSA) is 134 Å². The largest absolute Gasteiger partial charge is 0.493 e. The van der Waals surface area contributed by atoms with Gasteiger partial charge >= 0.3 is 5.97 Å². The fraction of sp³-hybridized carbons (Fsp3) is 0.263. The summed E-state index contributed by atoms with van der Waals surface area (Å²) in [4.78, 5) is 24.5. The van der Waals surface area contributed by atoms with Crippen LogP contribution < -0.4 is 19.9 Å². The second-order valence-corrected chi connectivity index (χ2v) is 7.47. The third-order valence-electron chi connectivity index (χ3n) is 3.80. The number of benzene rings is 2. The van der Waals surface area contributed by atoms with Crippen LogP contribution in [-0.4, -0.2) is 40.1 Å². The summed E-state index contributed by atoms with van der Waals surface area (Å²) in [5, 5.41) is 7.56. The van der Waals surface area contributed by atoms with Gasteiger partial charge in [-0.05, 0) is 56.3 Å². The number of anilines is 1. The highest BCUT2D eigenvalue weighted by molar-refractivity contribution is 7.89. The van der Waals surface area contributed by atoms with E-state index in [4.69, 9.17) is 19.3 Å². The number of rotatable bonds is 8. The Morgan fingerprint density at radius 1 is 1.10 bits per heavy atom. The molecular weight excluding hydrogens is 400 g/mol. The zero-order valence-electron chi connectivity index (χ0n) is 16.2. The first-order valence-electron chi connectivity index (χ1n) is 8.61. The number of sulfonamides is 1. The van der Waals surface area contributed by atoms with Gasteiger partial charge in [-0.15, -0.1) is 0 Å². The highest BCUT2D eigenvalue weighted by atomic mass is 32.2. The molecule has 0 aromatic heterocycles. The SMILES string of the molecule is CCOc1cc(C(=O)OC(C)C(=O)Nc2ccc(S(N)(=O)=O)cc2)ccc1OC. The monoisotopic (exact) mass is 422 g/mol. The maximum absolute atomic E-state index is 12.3. The number of nitrogens with one attached hydrogen (secondary N) is 1. The molecule has 2 aromatic rings. The molecule has 0 aliphatic carbocycles. The van der Waals surface area contributed by atoms with E-state index in [0.717, 1.165) is 0 Å². The van der Waals surface area contributed by atoms with Crippen LogP contribution in [-0.2, 0) is 19.6 Å². The molecule has 0 aliphatic rings. The van der Waals surface area contributed by atoms with E-state index in [1.807, 2.05) is 0 Å². The Labute approximate surface area is 168 Å². The normalized spacial score (nSPS) is 12.0. The standard InChI is InChI=1S/C19H22N2O7S/c1-4-27-17-11-13(5-10-16(17)26-3)19(23)28-12(2)18(22)21-14-6-8-15(9-7-14)29(20,24)25/h5-12H,4H2,1-3H3,(H,21,22)(H2,20,24,25). The van der Waals surface area contributed by atoms with Crippen molar-refractivity contribution < 1.29 is 32.2 Å². The van der Waals surface area contributed by atoms with Gasteiger partial charge in [-0.1, -0.05) is 0 Å². The van der Waals surface area contributed by atoms with E-state index in [2.05, 4.69) is 5.32 Å². The van der Waals surface area contributed by atoms with Gasteiger partial charge in [-0.2, -0.15) is 0 Å². The van der Waals surface area contributed by atoms with Gasteiger partial charge in [0.15, 0.2) is 17.6 Å². The predicted molar refractivity (Wildman–Crippen MR) is 105 cm³/mol. The van der Waals surface area contributed by atoms with Crippen LogP contribution in [0.15, 0.2) is 47.4 Å². The fourth-order valence-corrected chi connectivity index (χ4v) is 2.84. The number of carbonyl (C=O) groups is 2. The molecule has 2 aromatic carbocycles. The maximum atomic E-state index is 12.3. The molecule has 0 saturated carbocycles. The van der Waals surface area contributed by atoms with Crippen molar-refractivity contribution in [3.05, 3.63) is 48.0 Å². The third kappa shape index (κ3) is 5.93. The molecule has 0 fully saturated rings. The lowest BCUT2D eigenvalue weighted by Gasteiger charge is -2.15. The molecule has 0 aliphatic heterocycles. The number of methoxy groups -OCH3 is 1. The van der Waals surface area contributed by atoms with Crippen molar-refractivity contribution in [2.24, 2.45) is 5.14 Å². The molecule has 0 spiro atoms. The van der Waals surface area contributed by atoms with Crippen molar-refractivity contribution >= 4 is 27.6 Å². The molecule has 2 rings (SSSR count). The number of ether oxygens (including phenoxy) is 3. The highest BCUT2D eigenvalue weighted by Gasteiger charge is 2.20. The minimum atomic E-state index is -3.83. The summed E-state index contributed by atoms with van der Waals surface area (Å²) >= 11 is 0. The molecule has 0 radical (unpaired) electrons. The van der Waals surface area contributed by atoms with E-state index in [1.54, 1.807) is 13.0 Å². The Balaban J connectivity index is 2.03. The van der Waals surface area contributed by atoms with Gasteiger partial charge in [0.05, 0.1) is 24.2 Å². The Bertz CT molecular complexity index is 988. The highest BCUT2D eigenvalue weighted by Crippen LogP contribution is 2.28. The molecule has 1 atom stereocenters. The molecule has 29 heavy (non-hydrogen) atoms. The van der Waals surface area contributed by atoms with Crippen molar-refractivity contribution in [2.45, 2.75) is 24.8 Å². The average molecular weight is 422 g/mol. The van der Waals surface area contributed by atoms with Crippen LogP contribution in [0, 0.1) is 0 Å². The van der Waals surface area contributed by atoms with Gasteiger partial charge < -0.3 is 19.5 Å². The predicted octanol–water partition coefficient (Wildman–Crippen LogP) is 1.93. The molecule has 0 bridgehead atoms. The first kappa shape index (κ1) is 22.2. The van der Waals surface area contributed by atoms with Crippen LogP contribution >= 0.6 is 0 Å². The summed E-state index contributed by atoms with van der Waals surface area (Å²) in [5.74, 6) is -0.435. The summed E-state index contributed by atoms with van der Waals surface area (Å²) in [5.41, 5.74) is 0.528. The minimum absolute atomic E-state index is 0.0837. The Morgan fingerprint density at radius 2 is 1.76 bits per heavy atom. The molecule has 156 valence electrons. The van der Waals surface area contributed by atoms with Crippen LogP contribution in [0.4, 0.5) is 5.69 Å². The summed E-state index contributed by atoms with van der Waals surface area (Å²) in [6, 6.07) is 9.82. The smallest absolute Gasteiger partial charge is 0.339 e. The number of hydrogen-bond donors (Lipinski definition) is 2. The van der Waals surface area contributed by atoms with Crippen LogP contribution in [0.5, 0.6) is 11.5 Å². The van der Waals surface area contributed by atoms with Crippen LogP contribution in [0.1, 0.15) is 24.2 Å². The number of carbonyl (C=O) groups excluding carboxylic acids is 2. The fourth-order valence-electron chi connectivity index (χ4n) is 2.33. The van der Waals surface area contributed by atoms with Crippen molar-refractivity contribution in [2.75, 3.05) is 19.0 Å². The Kier molecular flexibility index (Phi) is 7.18. The average Bonchev–Trinajstić information content (AvgIpc) is 2.67. The molecule has 0 saturated heterocycles. The maximum Gasteiger partial charge on any atom is 0.339 e.